The van der Waals surface area contributed by atoms with Crippen LogP contribution in [0.15, 0.2) is 0 Å². The number of rotatable bonds is 16. The van der Waals surface area contributed by atoms with Crippen molar-refractivity contribution < 1.29 is 14.3 Å². The molecule has 0 unspecified atom stereocenters. The van der Waals surface area contributed by atoms with Gasteiger partial charge in [-0.2, -0.15) is 0 Å². The monoisotopic (exact) mass is 356 g/mol. The summed E-state index contributed by atoms with van der Waals surface area (Å²) in [5, 5.41) is 0. The van der Waals surface area contributed by atoms with Crippen LogP contribution in [0.3, 0.4) is 0 Å². The van der Waals surface area contributed by atoms with Crippen LogP contribution in [0.4, 0.5) is 0 Å². The summed E-state index contributed by atoms with van der Waals surface area (Å²) < 4.78 is 6.41. The average Bonchev–Trinajstić information content (AvgIpc) is 2.59. The zero-order chi connectivity index (χ0) is 19.3. The molecule has 0 spiro atoms. The summed E-state index contributed by atoms with van der Waals surface area (Å²) in [6, 6.07) is 0. The van der Waals surface area contributed by atoms with E-state index in [0.29, 0.717) is 25.7 Å². The quantitative estimate of drug-likeness (QED) is 0.433. The van der Waals surface area contributed by atoms with Crippen LogP contribution in [0.1, 0.15) is 105 Å². The SMILES string of the molecule is CCCCC(CCCC)(OC(CCCC)(CCCC)C(N)=O)C(N)=O. The minimum atomic E-state index is -1.09. The summed E-state index contributed by atoms with van der Waals surface area (Å²) >= 11 is 0. The normalized spacial score (nSPS) is 12.3. The van der Waals surface area contributed by atoms with Gasteiger partial charge < -0.3 is 16.2 Å². The molecule has 0 saturated carbocycles. The van der Waals surface area contributed by atoms with Crippen molar-refractivity contribution in [1.29, 1.82) is 0 Å². The number of hydrogen-bond acceptors (Lipinski definition) is 3. The molecule has 0 aromatic heterocycles. The zero-order valence-corrected chi connectivity index (χ0v) is 16.9. The lowest BCUT2D eigenvalue weighted by molar-refractivity contribution is -0.189. The number of carbonyl (C=O) groups excluding carboxylic acids is 2. The van der Waals surface area contributed by atoms with Gasteiger partial charge in [0.05, 0.1) is 0 Å². The molecule has 0 aliphatic heterocycles. The van der Waals surface area contributed by atoms with Crippen molar-refractivity contribution in [1.82, 2.24) is 0 Å². The lowest BCUT2D eigenvalue weighted by Crippen LogP contribution is -2.57. The molecule has 0 fully saturated rings. The van der Waals surface area contributed by atoms with E-state index in [9.17, 15) is 9.59 Å². The molecule has 0 atom stereocenters. The highest BCUT2D eigenvalue weighted by Gasteiger charge is 2.47. The van der Waals surface area contributed by atoms with E-state index >= 15 is 0 Å². The topological polar surface area (TPSA) is 95.4 Å². The van der Waals surface area contributed by atoms with Crippen molar-refractivity contribution in [2.24, 2.45) is 11.5 Å². The summed E-state index contributed by atoms with van der Waals surface area (Å²) in [7, 11) is 0. The van der Waals surface area contributed by atoms with Gasteiger partial charge in [-0.3, -0.25) is 9.59 Å². The maximum atomic E-state index is 12.4. The summed E-state index contributed by atoms with van der Waals surface area (Å²) in [5.41, 5.74) is 9.41. The Kier molecular flexibility index (Phi) is 11.7. The summed E-state index contributed by atoms with van der Waals surface area (Å²) in [6.45, 7) is 8.28. The molecule has 5 nitrogen and oxygen atoms in total. The van der Waals surface area contributed by atoms with Crippen molar-refractivity contribution in [3.63, 3.8) is 0 Å². The number of hydrogen-bond donors (Lipinski definition) is 2. The molecule has 0 aromatic carbocycles. The molecule has 4 N–H and O–H groups in total. The van der Waals surface area contributed by atoms with Gasteiger partial charge in [0.15, 0.2) is 0 Å². The lowest BCUT2D eigenvalue weighted by atomic mass is 9.84. The molecule has 0 saturated heterocycles. The molecule has 2 amide bonds. The van der Waals surface area contributed by atoms with Crippen molar-refractivity contribution in [3.8, 4) is 0 Å². The van der Waals surface area contributed by atoms with E-state index in [1.54, 1.807) is 0 Å². The minimum absolute atomic E-state index is 0.465. The number of ether oxygens (including phenoxy) is 1. The highest BCUT2D eigenvalue weighted by molar-refractivity contribution is 5.86. The van der Waals surface area contributed by atoms with Crippen LogP contribution in [0, 0.1) is 0 Å². The van der Waals surface area contributed by atoms with Gasteiger partial charge in [0.25, 0.3) is 0 Å². The Morgan fingerprint density at radius 3 is 1.04 bits per heavy atom. The Morgan fingerprint density at radius 1 is 0.640 bits per heavy atom. The van der Waals surface area contributed by atoms with E-state index in [2.05, 4.69) is 27.7 Å². The van der Waals surface area contributed by atoms with Crippen LogP contribution in [0.2, 0.25) is 0 Å². The maximum Gasteiger partial charge on any atom is 0.249 e. The molecule has 0 radical (unpaired) electrons. The van der Waals surface area contributed by atoms with Gasteiger partial charge >= 0.3 is 0 Å². The van der Waals surface area contributed by atoms with Crippen LogP contribution in [0.25, 0.3) is 0 Å². The fourth-order valence-corrected chi connectivity index (χ4v) is 3.27. The van der Waals surface area contributed by atoms with Gasteiger partial charge in [-0.1, -0.05) is 79.1 Å². The Morgan fingerprint density at radius 2 is 0.880 bits per heavy atom. The molecular weight excluding hydrogens is 316 g/mol. The van der Waals surface area contributed by atoms with E-state index in [4.69, 9.17) is 16.2 Å². The maximum absolute atomic E-state index is 12.4. The van der Waals surface area contributed by atoms with Gasteiger partial charge in [-0.05, 0) is 25.7 Å². The Bertz CT molecular complexity index is 344. The molecule has 0 rings (SSSR count). The number of amides is 2. The molecule has 148 valence electrons. The Labute approximate surface area is 154 Å². The first-order valence-corrected chi connectivity index (χ1v) is 10.1. The van der Waals surface area contributed by atoms with E-state index in [1.165, 1.54) is 0 Å². The molecular formula is C20H40N2O3. The van der Waals surface area contributed by atoms with Gasteiger partial charge in [0.1, 0.15) is 11.2 Å². The molecule has 0 aromatic rings. The Balaban J connectivity index is 5.79. The first kappa shape index (κ1) is 23.9. The van der Waals surface area contributed by atoms with Crippen LogP contribution < -0.4 is 11.5 Å². The lowest BCUT2D eigenvalue weighted by Gasteiger charge is -2.41. The number of carbonyl (C=O) groups is 2. The second-order valence-corrected chi connectivity index (χ2v) is 7.23. The average molecular weight is 357 g/mol. The van der Waals surface area contributed by atoms with Crippen molar-refractivity contribution in [3.05, 3.63) is 0 Å². The van der Waals surface area contributed by atoms with Crippen molar-refractivity contribution in [2.45, 2.75) is 116 Å². The third-order valence-electron chi connectivity index (χ3n) is 5.03. The fourth-order valence-electron chi connectivity index (χ4n) is 3.27. The van der Waals surface area contributed by atoms with Gasteiger partial charge in [0.2, 0.25) is 11.8 Å². The second-order valence-electron chi connectivity index (χ2n) is 7.23. The number of primary amides is 2. The Hall–Kier alpha value is -1.10. The van der Waals surface area contributed by atoms with Crippen LogP contribution in [-0.2, 0) is 14.3 Å². The smallest absolute Gasteiger partial charge is 0.249 e. The van der Waals surface area contributed by atoms with Gasteiger partial charge in [-0.15, -0.1) is 0 Å². The van der Waals surface area contributed by atoms with Gasteiger partial charge in [-0.25, -0.2) is 0 Å². The van der Waals surface area contributed by atoms with E-state index < -0.39 is 23.0 Å². The third-order valence-corrected chi connectivity index (χ3v) is 5.03. The molecule has 0 heterocycles. The predicted octanol–water partition coefficient (Wildman–Crippen LogP) is 4.21. The highest BCUT2D eigenvalue weighted by Crippen LogP contribution is 2.36. The van der Waals surface area contributed by atoms with Crippen molar-refractivity contribution in [2.75, 3.05) is 0 Å². The van der Waals surface area contributed by atoms with Crippen LogP contribution >= 0.6 is 0 Å². The molecule has 25 heavy (non-hydrogen) atoms. The predicted molar refractivity (Wildman–Crippen MR) is 103 cm³/mol. The number of unbranched alkanes of at least 4 members (excludes halogenated alkanes) is 4. The number of nitrogens with two attached hydrogens (primary N) is 2. The molecule has 0 aliphatic carbocycles. The third kappa shape index (κ3) is 7.35. The van der Waals surface area contributed by atoms with Gasteiger partial charge in [0, 0.05) is 0 Å². The zero-order valence-electron chi connectivity index (χ0n) is 16.9. The fraction of sp³-hybridized carbons (Fsp3) is 0.900. The first-order chi connectivity index (χ1) is 11.8. The molecule has 0 bridgehead atoms. The second kappa shape index (κ2) is 12.3. The molecule has 0 aliphatic rings. The van der Waals surface area contributed by atoms with E-state index in [1.807, 2.05) is 0 Å². The standard InChI is InChI=1S/C20H40N2O3/c1-5-9-13-19(17(21)23,14-10-6-2)25-20(18(22)24,15-11-7-3)16-12-8-4/h5-16H2,1-4H3,(H2,21,23)(H2,22,24). The summed E-state index contributed by atoms with van der Waals surface area (Å²) in [4.78, 5) is 24.9. The molecule has 5 heteroatoms. The van der Waals surface area contributed by atoms with Crippen molar-refractivity contribution >= 4 is 11.8 Å². The largest absolute Gasteiger partial charge is 0.367 e. The van der Waals surface area contributed by atoms with E-state index in [0.717, 1.165) is 51.4 Å². The van der Waals surface area contributed by atoms with E-state index in [-0.39, 0.29) is 0 Å². The summed E-state index contributed by atoms with van der Waals surface area (Å²) in [5.74, 6) is -0.930. The highest BCUT2D eigenvalue weighted by atomic mass is 16.5. The van der Waals surface area contributed by atoms with Crippen LogP contribution in [0.5, 0.6) is 0 Å². The summed E-state index contributed by atoms with van der Waals surface area (Å²) in [6.07, 6.45) is 9.31. The minimum Gasteiger partial charge on any atom is -0.367 e. The first-order valence-electron chi connectivity index (χ1n) is 10.1. The van der Waals surface area contributed by atoms with Crippen LogP contribution in [-0.4, -0.2) is 23.0 Å².